The monoisotopic (exact) mass is 431 g/mol. The van der Waals surface area contributed by atoms with Gasteiger partial charge < -0.3 is 9.80 Å². The standard InChI is InChI=1S/C21H22FN3O4S/c1-15-14-30(28,29)25(20(15)26)17-8-6-16(7-9-17)21(27)24-12-10-23(11-13-24)19-5-3-2-4-18(19)22/h2-9,15H,10-14H2,1H3/t15-/m0/s1. The zero-order valence-corrected chi connectivity index (χ0v) is 17.3. The summed E-state index contributed by atoms with van der Waals surface area (Å²) < 4.78 is 39.2. The molecule has 4 rings (SSSR count). The van der Waals surface area contributed by atoms with Gasteiger partial charge in [0.15, 0.2) is 0 Å². The maximum atomic E-state index is 14.0. The quantitative estimate of drug-likeness (QED) is 0.744. The number of anilines is 2. The fourth-order valence-corrected chi connectivity index (χ4v) is 5.69. The van der Waals surface area contributed by atoms with Crippen molar-refractivity contribution in [1.29, 1.82) is 0 Å². The summed E-state index contributed by atoms with van der Waals surface area (Å²) >= 11 is 0. The average molecular weight is 431 g/mol. The summed E-state index contributed by atoms with van der Waals surface area (Å²) in [6, 6.07) is 12.6. The lowest BCUT2D eigenvalue weighted by Crippen LogP contribution is -2.49. The van der Waals surface area contributed by atoms with Gasteiger partial charge in [-0.3, -0.25) is 9.59 Å². The number of carbonyl (C=O) groups excluding carboxylic acids is 2. The van der Waals surface area contributed by atoms with Gasteiger partial charge in [-0.15, -0.1) is 0 Å². The number of para-hydroxylation sites is 1. The summed E-state index contributed by atoms with van der Waals surface area (Å²) in [5.74, 6) is -1.72. The largest absolute Gasteiger partial charge is 0.366 e. The van der Waals surface area contributed by atoms with Crippen molar-refractivity contribution in [2.24, 2.45) is 5.92 Å². The number of benzene rings is 2. The van der Waals surface area contributed by atoms with Crippen LogP contribution in [0.3, 0.4) is 0 Å². The minimum absolute atomic E-state index is 0.182. The topological polar surface area (TPSA) is 78.0 Å². The first-order valence-corrected chi connectivity index (χ1v) is 11.3. The van der Waals surface area contributed by atoms with E-state index in [1.54, 1.807) is 30.0 Å². The number of hydrogen-bond donors (Lipinski definition) is 0. The molecule has 0 aliphatic carbocycles. The Morgan fingerprint density at radius 2 is 1.63 bits per heavy atom. The van der Waals surface area contributed by atoms with Crippen LogP contribution in [0.2, 0.25) is 0 Å². The van der Waals surface area contributed by atoms with E-state index in [0.717, 1.165) is 4.31 Å². The molecule has 2 aromatic carbocycles. The molecule has 2 aliphatic heterocycles. The van der Waals surface area contributed by atoms with Crippen molar-refractivity contribution in [2.75, 3.05) is 41.1 Å². The number of piperazine rings is 1. The van der Waals surface area contributed by atoms with Crippen molar-refractivity contribution in [3.8, 4) is 0 Å². The van der Waals surface area contributed by atoms with Crippen LogP contribution < -0.4 is 9.21 Å². The van der Waals surface area contributed by atoms with Crippen LogP contribution in [0.5, 0.6) is 0 Å². The van der Waals surface area contributed by atoms with E-state index in [4.69, 9.17) is 0 Å². The van der Waals surface area contributed by atoms with Crippen LogP contribution in [0.25, 0.3) is 0 Å². The van der Waals surface area contributed by atoms with Crippen molar-refractivity contribution < 1.29 is 22.4 Å². The molecule has 0 spiro atoms. The normalized spacial score (nSPS) is 21.2. The minimum atomic E-state index is -3.68. The second-order valence-corrected chi connectivity index (χ2v) is 9.42. The average Bonchev–Trinajstić information content (AvgIpc) is 2.94. The van der Waals surface area contributed by atoms with Crippen LogP contribution in [0.1, 0.15) is 17.3 Å². The fourth-order valence-electron chi connectivity index (χ4n) is 3.87. The number of nitrogens with zero attached hydrogens (tertiary/aromatic N) is 3. The van der Waals surface area contributed by atoms with E-state index in [0.29, 0.717) is 37.4 Å². The predicted molar refractivity (Wildman–Crippen MR) is 111 cm³/mol. The highest BCUT2D eigenvalue weighted by Crippen LogP contribution is 2.28. The summed E-state index contributed by atoms with van der Waals surface area (Å²) in [4.78, 5) is 28.6. The SMILES string of the molecule is C[C@H]1CS(=O)(=O)N(c2ccc(C(=O)N3CCN(c4ccccc4F)CC3)cc2)C1=O. The Morgan fingerprint density at radius 1 is 1.00 bits per heavy atom. The molecule has 158 valence electrons. The summed E-state index contributed by atoms with van der Waals surface area (Å²) in [6.07, 6.45) is 0. The molecule has 2 aliphatic rings. The zero-order chi connectivity index (χ0) is 21.5. The first-order valence-electron chi connectivity index (χ1n) is 9.73. The molecule has 0 unspecified atom stereocenters. The van der Waals surface area contributed by atoms with Crippen LogP contribution in [-0.4, -0.2) is 57.1 Å². The van der Waals surface area contributed by atoms with E-state index in [2.05, 4.69) is 0 Å². The van der Waals surface area contributed by atoms with Gasteiger partial charge in [-0.2, -0.15) is 0 Å². The smallest absolute Gasteiger partial charge is 0.253 e. The molecular formula is C21H22FN3O4S. The predicted octanol–water partition coefficient (Wildman–Crippen LogP) is 2.10. The lowest BCUT2D eigenvalue weighted by atomic mass is 10.1. The highest BCUT2D eigenvalue weighted by molar-refractivity contribution is 7.94. The van der Waals surface area contributed by atoms with Gasteiger partial charge in [-0.1, -0.05) is 19.1 Å². The first-order chi connectivity index (χ1) is 14.3. The molecule has 7 nitrogen and oxygen atoms in total. The Hall–Kier alpha value is -2.94. The summed E-state index contributed by atoms with van der Waals surface area (Å²) in [6.45, 7) is 3.52. The van der Waals surface area contributed by atoms with E-state index >= 15 is 0 Å². The molecule has 0 N–H and O–H groups in total. The molecule has 0 bridgehead atoms. The molecule has 30 heavy (non-hydrogen) atoms. The number of amides is 2. The van der Waals surface area contributed by atoms with Gasteiger partial charge in [0, 0.05) is 31.7 Å². The van der Waals surface area contributed by atoms with E-state index in [9.17, 15) is 22.4 Å². The molecule has 2 saturated heterocycles. The highest BCUT2D eigenvalue weighted by Gasteiger charge is 2.42. The Morgan fingerprint density at radius 3 is 2.20 bits per heavy atom. The molecule has 0 radical (unpaired) electrons. The van der Waals surface area contributed by atoms with Gasteiger partial charge in [0.2, 0.25) is 15.9 Å². The molecule has 2 fully saturated rings. The van der Waals surface area contributed by atoms with Crippen molar-refractivity contribution >= 4 is 33.2 Å². The van der Waals surface area contributed by atoms with Crippen LogP contribution >= 0.6 is 0 Å². The van der Waals surface area contributed by atoms with Crippen molar-refractivity contribution in [3.05, 3.63) is 59.9 Å². The number of halogens is 1. The third-order valence-corrected chi connectivity index (χ3v) is 7.34. The third-order valence-electron chi connectivity index (χ3n) is 5.47. The molecule has 2 heterocycles. The zero-order valence-electron chi connectivity index (χ0n) is 16.5. The van der Waals surface area contributed by atoms with Crippen molar-refractivity contribution in [3.63, 3.8) is 0 Å². The number of hydrogen-bond acceptors (Lipinski definition) is 5. The van der Waals surface area contributed by atoms with Crippen LogP contribution in [0, 0.1) is 11.7 Å². The Balaban J connectivity index is 1.44. The molecule has 2 aromatic rings. The molecule has 1 atom stereocenters. The first kappa shape index (κ1) is 20.3. The Labute approximate surface area is 174 Å². The van der Waals surface area contributed by atoms with Crippen LogP contribution in [0.4, 0.5) is 15.8 Å². The number of rotatable bonds is 3. The Kier molecular flexibility index (Phi) is 5.23. The van der Waals surface area contributed by atoms with Gasteiger partial charge in [0.1, 0.15) is 5.82 Å². The number of carbonyl (C=O) groups is 2. The lowest BCUT2D eigenvalue weighted by Gasteiger charge is -2.36. The third kappa shape index (κ3) is 3.65. The maximum Gasteiger partial charge on any atom is 0.253 e. The van der Waals surface area contributed by atoms with Gasteiger partial charge in [-0.05, 0) is 36.4 Å². The van der Waals surface area contributed by atoms with E-state index in [1.807, 2.05) is 4.90 Å². The summed E-state index contributed by atoms with van der Waals surface area (Å²) in [5, 5.41) is 0. The second kappa shape index (κ2) is 7.71. The maximum absolute atomic E-state index is 14.0. The molecule has 2 amide bonds. The van der Waals surface area contributed by atoms with Crippen LogP contribution in [-0.2, 0) is 14.8 Å². The Bertz CT molecular complexity index is 1080. The van der Waals surface area contributed by atoms with E-state index in [-0.39, 0.29) is 23.2 Å². The number of sulfonamides is 1. The second-order valence-electron chi connectivity index (χ2n) is 7.56. The highest BCUT2D eigenvalue weighted by atomic mass is 32.2. The summed E-state index contributed by atoms with van der Waals surface area (Å²) in [5.41, 5.74) is 1.18. The van der Waals surface area contributed by atoms with Gasteiger partial charge in [0.25, 0.3) is 5.91 Å². The van der Waals surface area contributed by atoms with Gasteiger partial charge >= 0.3 is 0 Å². The van der Waals surface area contributed by atoms with Crippen molar-refractivity contribution in [1.82, 2.24) is 4.90 Å². The molecule has 0 aromatic heterocycles. The molecular weight excluding hydrogens is 409 g/mol. The molecule has 9 heteroatoms. The molecule has 0 saturated carbocycles. The van der Waals surface area contributed by atoms with Crippen molar-refractivity contribution in [2.45, 2.75) is 6.92 Å². The van der Waals surface area contributed by atoms with Crippen LogP contribution in [0.15, 0.2) is 48.5 Å². The van der Waals surface area contributed by atoms with E-state index in [1.165, 1.54) is 30.3 Å². The van der Waals surface area contributed by atoms with Gasteiger partial charge in [-0.25, -0.2) is 17.1 Å². The van der Waals surface area contributed by atoms with Gasteiger partial charge in [0.05, 0.1) is 23.0 Å². The minimum Gasteiger partial charge on any atom is -0.366 e. The fraction of sp³-hybridized carbons (Fsp3) is 0.333. The lowest BCUT2D eigenvalue weighted by molar-refractivity contribution is -0.119. The summed E-state index contributed by atoms with van der Waals surface area (Å²) in [7, 11) is -3.68. The van der Waals surface area contributed by atoms with E-state index < -0.39 is 21.8 Å².